The van der Waals surface area contributed by atoms with Gasteiger partial charge in [-0.05, 0) is 17.4 Å². The average molecular weight is 335 g/mol. The molecule has 0 amide bonds. The molecule has 22 heavy (non-hydrogen) atoms. The number of thiophene rings is 1. The van der Waals surface area contributed by atoms with Gasteiger partial charge in [-0.1, -0.05) is 36.8 Å². The van der Waals surface area contributed by atoms with E-state index in [4.69, 9.17) is 4.52 Å². The molecule has 0 aliphatic carbocycles. The van der Waals surface area contributed by atoms with Gasteiger partial charge < -0.3 is 4.52 Å². The molecule has 0 spiro atoms. The van der Waals surface area contributed by atoms with Gasteiger partial charge in [0, 0.05) is 17.7 Å². The van der Waals surface area contributed by atoms with Gasteiger partial charge in [-0.3, -0.25) is 5.10 Å². The Hall–Kier alpha value is -1.67. The number of nitrogens with one attached hydrogen (secondary N) is 1. The molecule has 3 aromatic heterocycles. The first-order valence-electron chi connectivity index (χ1n) is 7.07. The highest BCUT2D eigenvalue weighted by molar-refractivity contribution is 7.98. The molecule has 1 N–H and O–H groups in total. The van der Waals surface area contributed by atoms with E-state index in [9.17, 15) is 0 Å². The summed E-state index contributed by atoms with van der Waals surface area (Å²) in [5.74, 6) is 3.37. The van der Waals surface area contributed by atoms with Crippen molar-refractivity contribution in [3.05, 3.63) is 39.9 Å². The summed E-state index contributed by atoms with van der Waals surface area (Å²) in [4.78, 5) is 10.1. The van der Waals surface area contributed by atoms with Gasteiger partial charge in [0.05, 0.1) is 5.75 Å². The summed E-state index contributed by atoms with van der Waals surface area (Å²) in [6, 6.07) is 4.13. The number of hydrogen-bond acceptors (Lipinski definition) is 7. The summed E-state index contributed by atoms with van der Waals surface area (Å²) >= 11 is 3.22. The number of H-pyrrole nitrogens is 1. The first kappa shape index (κ1) is 15.2. The van der Waals surface area contributed by atoms with Gasteiger partial charge in [0.25, 0.3) is 0 Å². The van der Waals surface area contributed by atoms with E-state index < -0.39 is 0 Å². The number of nitrogens with zero attached hydrogens (tertiary/aromatic N) is 4. The zero-order chi connectivity index (χ0) is 15.4. The standard InChI is InChI=1S/C14H17N5OS2/c1-9(2)6-13-15-12(19-20-13)8-22-14-16-11(17-18-14)7-10-4-3-5-21-10/h3-5,9H,6-8H2,1-2H3,(H,16,17,18). The second kappa shape index (κ2) is 7.06. The second-order valence-corrected chi connectivity index (χ2v) is 7.29. The molecule has 6 nitrogen and oxygen atoms in total. The Bertz CT molecular complexity index is 704. The van der Waals surface area contributed by atoms with E-state index in [1.165, 1.54) is 16.6 Å². The lowest BCUT2D eigenvalue weighted by Gasteiger charge is -1.95. The Balaban J connectivity index is 1.53. The van der Waals surface area contributed by atoms with E-state index >= 15 is 0 Å². The maximum atomic E-state index is 5.22. The topological polar surface area (TPSA) is 80.5 Å². The maximum absolute atomic E-state index is 5.22. The Labute approximate surface area is 136 Å². The van der Waals surface area contributed by atoms with Crippen LogP contribution in [0, 0.1) is 5.92 Å². The predicted molar refractivity (Wildman–Crippen MR) is 85.9 cm³/mol. The largest absolute Gasteiger partial charge is 0.339 e. The van der Waals surface area contributed by atoms with Crippen molar-refractivity contribution in [3.63, 3.8) is 0 Å². The minimum atomic E-state index is 0.508. The van der Waals surface area contributed by atoms with Crippen molar-refractivity contribution in [2.75, 3.05) is 0 Å². The quantitative estimate of drug-likeness (QED) is 0.667. The van der Waals surface area contributed by atoms with E-state index in [-0.39, 0.29) is 0 Å². The van der Waals surface area contributed by atoms with Crippen molar-refractivity contribution in [2.45, 2.75) is 37.6 Å². The molecule has 0 saturated carbocycles. The predicted octanol–water partition coefficient (Wildman–Crippen LogP) is 3.33. The van der Waals surface area contributed by atoms with Gasteiger partial charge in [0.2, 0.25) is 11.0 Å². The number of hydrogen-bond donors (Lipinski definition) is 1. The monoisotopic (exact) mass is 335 g/mol. The average Bonchev–Trinajstić information content (AvgIpc) is 3.19. The molecule has 0 bridgehead atoms. The summed E-state index contributed by atoms with van der Waals surface area (Å²) in [7, 11) is 0. The lowest BCUT2D eigenvalue weighted by molar-refractivity contribution is 0.360. The minimum absolute atomic E-state index is 0.508. The highest BCUT2D eigenvalue weighted by Gasteiger charge is 2.11. The molecule has 0 aliphatic heterocycles. The maximum Gasteiger partial charge on any atom is 0.226 e. The van der Waals surface area contributed by atoms with Crippen LogP contribution in [0.25, 0.3) is 0 Å². The number of aromatic nitrogens is 5. The van der Waals surface area contributed by atoms with E-state index in [1.54, 1.807) is 11.3 Å². The van der Waals surface area contributed by atoms with Crippen LogP contribution in [-0.4, -0.2) is 25.3 Å². The van der Waals surface area contributed by atoms with Gasteiger partial charge in [0.1, 0.15) is 5.82 Å². The summed E-state index contributed by atoms with van der Waals surface area (Å²) < 4.78 is 5.22. The van der Waals surface area contributed by atoms with E-state index in [2.05, 4.69) is 50.6 Å². The summed E-state index contributed by atoms with van der Waals surface area (Å²) in [6.45, 7) is 4.25. The van der Waals surface area contributed by atoms with Gasteiger partial charge in [0.15, 0.2) is 5.82 Å². The highest BCUT2D eigenvalue weighted by atomic mass is 32.2. The molecule has 3 heterocycles. The van der Waals surface area contributed by atoms with Gasteiger partial charge in [-0.2, -0.15) is 4.98 Å². The SMILES string of the molecule is CC(C)Cc1nc(CSc2n[nH]c(Cc3cccs3)n2)no1. The Morgan fingerprint density at radius 3 is 3.05 bits per heavy atom. The zero-order valence-electron chi connectivity index (χ0n) is 12.4. The van der Waals surface area contributed by atoms with Crippen molar-refractivity contribution in [1.82, 2.24) is 25.3 Å². The zero-order valence-corrected chi connectivity index (χ0v) is 14.1. The van der Waals surface area contributed by atoms with E-state index in [0.717, 1.165) is 18.7 Å². The lowest BCUT2D eigenvalue weighted by atomic mass is 10.1. The molecule has 116 valence electrons. The van der Waals surface area contributed by atoms with Crippen molar-refractivity contribution in [2.24, 2.45) is 5.92 Å². The van der Waals surface area contributed by atoms with Crippen LogP contribution in [0.4, 0.5) is 0 Å². The van der Waals surface area contributed by atoms with Crippen LogP contribution in [-0.2, 0) is 18.6 Å². The van der Waals surface area contributed by atoms with Gasteiger partial charge in [-0.25, -0.2) is 4.98 Å². The van der Waals surface area contributed by atoms with Crippen molar-refractivity contribution >= 4 is 23.1 Å². The summed E-state index contributed by atoms with van der Waals surface area (Å²) in [5.41, 5.74) is 0. The molecule has 0 aromatic carbocycles. The molecule has 3 aromatic rings. The van der Waals surface area contributed by atoms with E-state index in [0.29, 0.717) is 28.5 Å². The van der Waals surface area contributed by atoms with Gasteiger partial charge in [-0.15, -0.1) is 16.4 Å². The number of thioether (sulfide) groups is 1. The van der Waals surface area contributed by atoms with Crippen LogP contribution in [0.2, 0.25) is 0 Å². The molecule has 8 heteroatoms. The fourth-order valence-electron chi connectivity index (χ4n) is 1.91. The molecule has 0 saturated heterocycles. The smallest absolute Gasteiger partial charge is 0.226 e. The normalized spacial score (nSPS) is 11.4. The van der Waals surface area contributed by atoms with Crippen LogP contribution < -0.4 is 0 Å². The third-order valence-electron chi connectivity index (χ3n) is 2.86. The van der Waals surface area contributed by atoms with Gasteiger partial charge >= 0.3 is 0 Å². The first-order chi connectivity index (χ1) is 10.7. The molecule has 0 fully saturated rings. The number of rotatable bonds is 7. The van der Waals surface area contributed by atoms with Crippen LogP contribution in [0.15, 0.2) is 27.2 Å². The minimum Gasteiger partial charge on any atom is -0.339 e. The fourth-order valence-corrected chi connectivity index (χ4v) is 3.28. The Kier molecular flexibility index (Phi) is 4.89. The van der Waals surface area contributed by atoms with Crippen LogP contribution in [0.5, 0.6) is 0 Å². The van der Waals surface area contributed by atoms with E-state index in [1.807, 2.05) is 6.07 Å². The molecular formula is C14H17N5OS2. The highest BCUT2D eigenvalue weighted by Crippen LogP contribution is 2.19. The molecule has 0 atom stereocenters. The Morgan fingerprint density at radius 1 is 1.36 bits per heavy atom. The van der Waals surface area contributed by atoms with Crippen LogP contribution in [0.3, 0.4) is 0 Å². The number of aromatic amines is 1. The molecule has 0 radical (unpaired) electrons. The second-order valence-electron chi connectivity index (χ2n) is 5.31. The van der Waals surface area contributed by atoms with Crippen LogP contribution >= 0.6 is 23.1 Å². The lowest BCUT2D eigenvalue weighted by Crippen LogP contribution is -1.94. The molecule has 0 aliphatic rings. The molecule has 3 rings (SSSR count). The van der Waals surface area contributed by atoms with Crippen molar-refractivity contribution < 1.29 is 4.52 Å². The first-order valence-corrected chi connectivity index (χ1v) is 8.93. The summed E-state index contributed by atoms with van der Waals surface area (Å²) in [5, 5.41) is 13.9. The Morgan fingerprint density at radius 2 is 2.27 bits per heavy atom. The molecule has 0 unspecified atom stereocenters. The third kappa shape index (κ3) is 4.17. The van der Waals surface area contributed by atoms with Crippen molar-refractivity contribution in [1.29, 1.82) is 0 Å². The van der Waals surface area contributed by atoms with Crippen molar-refractivity contribution in [3.8, 4) is 0 Å². The third-order valence-corrected chi connectivity index (χ3v) is 4.58. The molecular weight excluding hydrogens is 318 g/mol. The fraction of sp³-hybridized carbons (Fsp3) is 0.429. The van der Waals surface area contributed by atoms with Crippen LogP contribution in [0.1, 0.15) is 36.3 Å². The summed E-state index contributed by atoms with van der Waals surface area (Å²) in [6.07, 6.45) is 1.59.